The van der Waals surface area contributed by atoms with E-state index in [4.69, 9.17) is 0 Å². The molecule has 0 aliphatic carbocycles. The number of nitrogens with zero attached hydrogens (tertiary/aromatic N) is 1. The number of alkyl halides is 7. The number of hydrogen-bond donors (Lipinski definition) is 0. The molecule has 0 fully saturated rings. The summed E-state index contributed by atoms with van der Waals surface area (Å²) in [5, 5.41) is 11.3. The molecule has 3 nitrogen and oxygen atoms in total. The Bertz CT molecular complexity index is 614. The topological polar surface area (TPSA) is 53.0 Å². The van der Waals surface area contributed by atoms with Crippen LogP contribution in [0.3, 0.4) is 0 Å². The van der Waals surface area contributed by atoms with Gasteiger partial charge in [-0.2, -0.15) is 40.1 Å². The molecule has 0 radical (unpaired) electrons. The number of carbonyl (C=O) groups is 1. The van der Waals surface area contributed by atoms with E-state index in [1.807, 2.05) is 0 Å². The predicted molar refractivity (Wildman–Crippen MR) is 53.1 cm³/mol. The van der Waals surface area contributed by atoms with E-state index in [0.29, 0.717) is 0 Å². The minimum absolute atomic E-state index is 0.135. The van der Waals surface area contributed by atoms with E-state index in [-0.39, 0.29) is 12.1 Å². The zero-order valence-corrected chi connectivity index (χ0v) is 10.4. The monoisotopic (exact) mass is 352 g/mol. The van der Waals surface area contributed by atoms with E-state index in [2.05, 4.69) is 4.98 Å². The van der Waals surface area contributed by atoms with Gasteiger partial charge < -0.3 is 5.11 Å². The van der Waals surface area contributed by atoms with Crippen LogP contribution in [0.25, 0.3) is 5.76 Å². The van der Waals surface area contributed by atoms with E-state index in [1.165, 1.54) is 0 Å². The predicted octanol–water partition coefficient (Wildman–Crippen LogP) is 2.46. The molecule has 0 aliphatic rings. The average molecular weight is 352 g/mol. The number of aromatic nitrogens is 1. The third kappa shape index (κ3) is 3.56. The molecule has 0 unspecified atom stereocenters. The molecule has 0 aliphatic heterocycles. The number of ketones is 1. The van der Waals surface area contributed by atoms with Crippen LogP contribution < -0.4 is 5.11 Å². The van der Waals surface area contributed by atoms with E-state index >= 15 is 0 Å². The Kier molecular flexibility index (Phi) is 4.69. The van der Waals surface area contributed by atoms with E-state index in [1.54, 1.807) is 0 Å². The zero-order chi connectivity index (χ0) is 18.2. The van der Waals surface area contributed by atoms with Crippen molar-refractivity contribution in [3.05, 3.63) is 35.7 Å². The molecule has 1 heterocycles. The Balaban J connectivity index is 3.36. The van der Waals surface area contributed by atoms with Crippen molar-refractivity contribution in [3.8, 4) is 0 Å². The molecule has 128 valence electrons. The Labute approximate surface area is 121 Å². The molecule has 0 amide bonds. The van der Waals surface area contributed by atoms with Crippen molar-refractivity contribution < 1.29 is 49.4 Å². The molecule has 0 bridgehead atoms. The maximum absolute atomic E-state index is 13.3. The van der Waals surface area contributed by atoms with Gasteiger partial charge in [0.05, 0.1) is 0 Å². The fourth-order valence-corrected chi connectivity index (χ4v) is 1.35. The number of hydrogen-bond acceptors (Lipinski definition) is 3. The second-order valence-electron chi connectivity index (χ2n) is 4.03. The molecule has 1 aromatic rings. The van der Waals surface area contributed by atoms with Crippen LogP contribution in [0.4, 0.5) is 39.5 Å². The van der Waals surface area contributed by atoms with Crippen LogP contribution in [-0.2, 0) is 4.79 Å². The quantitative estimate of drug-likeness (QED) is 0.364. The van der Waals surface area contributed by atoms with Gasteiger partial charge in [0.1, 0.15) is 0 Å². The lowest BCUT2D eigenvalue weighted by atomic mass is 9.97. The first kappa shape index (κ1) is 18.8. The summed E-state index contributed by atoms with van der Waals surface area (Å²) < 4.78 is 112. The number of pyridine rings is 1. The fourth-order valence-electron chi connectivity index (χ4n) is 1.35. The third-order valence-electron chi connectivity index (χ3n) is 2.43. The molecule has 0 saturated heterocycles. The lowest BCUT2D eigenvalue weighted by Gasteiger charge is -2.28. The SMILES string of the molecule is O=C(/C=C(\[O-])c1cc(F)nc(F)c1)C(F)(C(F)(F)F)C(F)(F)F. The first-order valence-corrected chi connectivity index (χ1v) is 5.29. The molecule has 0 atom stereocenters. The van der Waals surface area contributed by atoms with Gasteiger partial charge in [0.2, 0.25) is 17.7 Å². The Hall–Kier alpha value is -2.27. The summed E-state index contributed by atoms with van der Waals surface area (Å²) in [6, 6.07) is 0.270. The van der Waals surface area contributed by atoms with Gasteiger partial charge in [-0.25, -0.2) is 4.39 Å². The van der Waals surface area contributed by atoms with Crippen LogP contribution in [-0.4, -0.2) is 28.8 Å². The van der Waals surface area contributed by atoms with Crippen molar-refractivity contribution >= 4 is 11.5 Å². The minimum atomic E-state index is -6.70. The van der Waals surface area contributed by atoms with Crippen molar-refractivity contribution in [2.45, 2.75) is 18.0 Å². The van der Waals surface area contributed by atoms with Gasteiger partial charge in [0.15, 0.2) is 0 Å². The molecule has 0 saturated carbocycles. The molecule has 23 heavy (non-hydrogen) atoms. The van der Waals surface area contributed by atoms with Crippen molar-refractivity contribution in [1.82, 2.24) is 4.98 Å². The highest BCUT2D eigenvalue weighted by molar-refractivity contribution is 6.02. The third-order valence-corrected chi connectivity index (χ3v) is 2.43. The molecule has 0 aromatic carbocycles. The van der Waals surface area contributed by atoms with Crippen LogP contribution in [0.15, 0.2) is 18.2 Å². The number of carbonyl (C=O) groups excluding carboxylic acids is 1. The van der Waals surface area contributed by atoms with Gasteiger partial charge in [0, 0.05) is 12.1 Å². The molecule has 1 rings (SSSR count). The summed E-state index contributed by atoms with van der Waals surface area (Å²) in [6.45, 7) is 0. The maximum Gasteiger partial charge on any atom is 0.439 e. The average Bonchev–Trinajstić information content (AvgIpc) is 2.33. The Morgan fingerprint density at radius 2 is 1.35 bits per heavy atom. The van der Waals surface area contributed by atoms with Crippen LogP contribution >= 0.6 is 0 Å². The summed E-state index contributed by atoms with van der Waals surface area (Å²) in [4.78, 5) is 13.5. The fraction of sp³-hybridized carbons (Fsp3) is 0.273. The molecule has 0 N–H and O–H groups in total. The van der Waals surface area contributed by atoms with E-state index < -0.39 is 53.1 Å². The minimum Gasteiger partial charge on any atom is -0.872 e. The van der Waals surface area contributed by atoms with Gasteiger partial charge in [-0.05, 0) is 11.6 Å². The number of rotatable bonds is 3. The number of allylic oxidation sites excluding steroid dienone is 1. The molecular formula is C11H3F9NO2-. The van der Waals surface area contributed by atoms with E-state index in [9.17, 15) is 49.4 Å². The van der Waals surface area contributed by atoms with Gasteiger partial charge in [-0.1, -0.05) is 5.76 Å². The van der Waals surface area contributed by atoms with Crippen molar-refractivity contribution in [3.63, 3.8) is 0 Å². The van der Waals surface area contributed by atoms with Gasteiger partial charge in [-0.15, -0.1) is 0 Å². The highest BCUT2D eigenvalue weighted by Crippen LogP contribution is 2.47. The first-order valence-electron chi connectivity index (χ1n) is 5.29. The highest BCUT2D eigenvalue weighted by Gasteiger charge is 2.76. The summed E-state index contributed by atoms with van der Waals surface area (Å²) in [5.41, 5.74) is -7.46. The van der Waals surface area contributed by atoms with Crippen LogP contribution in [0.5, 0.6) is 0 Å². The summed E-state index contributed by atoms with van der Waals surface area (Å²) in [6.07, 6.45) is -14.3. The Morgan fingerprint density at radius 1 is 0.957 bits per heavy atom. The standard InChI is InChI=1S/C11H4F9NO2/c12-7-1-4(2-8(13)21-7)5(22)3-6(23)9(14,10(15,16)17)11(18,19)20/h1-3,22H/p-1/b5-3-. The van der Waals surface area contributed by atoms with Crippen LogP contribution in [0.2, 0.25) is 0 Å². The van der Waals surface area contributed by atoms with Crippen LogP contribution in [0.1, 0.15) is 5.56 Å². The second-order valence-corrected chi connectivity index (χ2v) is 4.03. The smallest absolute Gasteiger partial charge is 0.439 e. The zero-order valence-electron chi connectivity index (χ0n) is 10.4. The van der Waals surface area contributed by atoms with Gasteiger partial charge >= 0.3 is 18.0 Å². The summed E-state index contributed by atoms with van der Waals surface area (Å²) in [7, 11) is 0. The van der Waals surface area contributed by atoms with Crippen molar-refractivity contribution in [1.29, 1.82) is 0 Å². The van der Waals surface area contributed by atoms with E-state index in [0.717, 1.165) is 0 Å². The lowest BCUT2D eigenvalue weighted by molar-refractivity contribution is -0.323. The van der Waals surface area contributed by atoms with Crippen molar-refractivity contribution in [2.75, 3.05) is 0 Å². The summed E-state index contributed by atoms with van der Waals surface area (Å²) >= 11 is 0. The molecule has 1 aromatic heterocycles. The Morgan fingerprint density at radius 3 is 1.70 bits per heavy atom. The van der Waals surface area contributed by atoms with Gasteiger partial charge in [-0.3, -0.25) is 4.79 Å². The van der Waals surface area contributed by atoms with Crippen LogP contribution in [0, 0.1) is 11.9 Å². The normalized spacial score (nSPS) is 14.0. The first-order chi connectivity index (χ1) is 10.2. The second kappa shape index (κ2) is 5.74. The van der Waals surface area contributed by atoms with Crippen molar-refractivity contribution in [2.24, 2.45) is 0 Å². The highest BCUT2D eigenvalue weighted by atomic mass is 19.4. The van der Waals surface area contributed by atoms with Gasteiger partial charge in [0.25, 0.3) is 0 Å². The number of halogens is 9. The molecule has 12 heteroatoms. The molecular weight excluding hydrogens is 349 g/mol. The maximum atomic E-state index is 13.3. The summed E-state index contributed by atoms with van der Waals surface area (Å²) in [5.74, 6) is -8.51. The lowest BCUT2D eigenvalue weighted by Crippen LogP contribution is -2.58. The largest absolute Gasteiger partial charge is 0.872 e. The molecule has 0 spiro atoms.